The molecule has 0 atom stereocenters. The van der Waals surface area contributed by atoms with Gasteiger partial charge in [-0.3, -0.25) is 14.9 Å². The van der Waals surface area contributed by atoms with Crippen LogP contribution < -0.4 is 10.2 Å². The van der Waals surface area contributed by atoms with Crippen molar-refractivity contribution in [1.29, 1.82) is 0 Å². The summed E-state index contributed by atoms with van der Waals surface area (Å²) in [7, 11) is 1.48. The normalized spacial score (nSPS) is 17.4. The second-order valence-electron chi connectivity index (χ2n) is 5.52. The number of benzene rings is 1. The van der Waals surface area contributed by atoms with Gasteiger partial charge in [0.1, 0.15) is 5.69 Å². The summed E-state index contributed by atoms with van der Waals surface area (Å²) in [5.41, 5.74) is -0.0504. The van der Waals surface area contributed by atoms with E-state index >= 15 is 0 Å². The lowest BCUT2D eigenvalue weighted by atomic mass is 9.93. The second-order valence-corrected chi connectivity index (χ2v) is 5.52. The maximum Gasteiger partial charge on any atom is 0.293 e. The number of aliphatic hydroxyl groups is 1. The van der Waals surface area contributed by atoms with E-state index in [4.69, 9.17) is 0 Å². The lowest BCUT2D eigenvalue weighted by Gasteiger charge is -2.36. The van der Waals surface area contributed by atoms with Gasteiger partial charge in [-0.05, 0) is 31.9 Å². The highest BCUT2D eigenvalue weighted by molar-refractivity contribution is 5.95. The van der Waals surface area contributed by atoms with Crippen LogP contribution in [0.4, 0.5) is 11.4 Å². The minimum absolute atomic E-state index is 0.0855. The van der Waals surface area contributed by atoms with Crippen molar-refractivity contribution in [2.45, 2.75) is 25.4 Å². The molecule has 0 bridgehead atoms. The van der Waals surface area contributed by atoms with E-state index in [-0.39, 0.29) is 17.2 Å². The number of piperidine rings is 1. The van der Waals surface area contributed by atoms with Gasteiger partial charge in [0.05, 0.1) is 10.5 Å². The molecule has 2 N–H and O–H groups in total. The van der Waals surface area contributed by atoms with Gasteiger partial charge in [-0.2, -0.15) is 0 Å². The van der Waals surface area contributed by atoms with E-state index in [1.807, 2.05) is 4.90 Å². The van der Waals surface area contributed by atoms with Gasteiger partial charge in [-0.15, -0.1) is 0 Å². The van der Waals surface area contributed by atoms with Crippen LogP contribution in [0.5, 0.6) is 0 Å². The molecular formula is C14H19N3O4. The van der Waals surface area contributed by atoms with Crippen molar-refractivity contribution in [2.24, 2.45) is 0 Å². The van der Waals surface area contributed by atoms with E-state index in [1.54, 1.807) is 19.1 Å². The van der Waals surface area contributed by atoms with Crippen LogP contribution in [0.1, 0.15) is 30.1 Å². The first-order valence-corrected chi connectivity index (χ1v) is 6.82. The maximum atomic E-state index is 11.6. The Kier molecular flexibility index (Phi) is 4.13. The SMILES string of the molecule is CNC(=O)c1ccc(N2CCC(C)(O)CC2)c([N+](=O)[O-])c1. The predicted molar refractivity (Wildman–Crippen MR) is 78.6 cm³/mol. The Morgan fingerprint density at radius 2 is 2.05 bits per heavy atom. The number of nitro groups is 1. The molecule has 0 aliphatic carbocycles. The number of rotatable bonds is 3. The van der Waals surface area contributed by atoms with Gasteiger partial charge in [-0.25, -0.2) is 0 Å². The molecule has 0 spiro atoms. The lowest BCUT2D eigenvalue weighted by molar-refractivity contribution is -0.384. The summed E-state index contributed by atoms with van der Waals surface area (Å²) in [5.74, 6) is -0.355. The number of nitrogens with one attached hydrogen (secondary N) is 1. The van der Waals surface area contributed by atoms with Gasteiger partial charge in [0.2, 0.25) is 0 Å². The van der Waals surface area contributed by atoms with E-state index in [0.717, 1.165) is 0 Å². The van der Waals surface area contributed by atoms with Gasteiger partial charge >= 0.3 is 0 Å². The highest BCUT2D eigenvalue weighted by atomic mass is 16.6. The van der Waals surface area contributed by atoms with Crippen LogP contribution >= 0.6 is 0 Å². The smallest absolute Gasteiger partial charge is 0.293 e. The fraction of sp³-hybridized carbons (Fsp3) is 0.500. The summed E-state index contributed by atoms with van der Waals surface area (Å²) in [5, 5.41) is 23.7. The van der Waals surface area contributed by atoms with Crippen LogP contribution in [0.2, 0.25) is 0 Å². The Bertz CT molecular complexity index is 561. The van der Waals surface area contributed by atoms with Gasteiger partial charge in [0.15, 0.2) is 0 Å². The number of hydrogen-bond donors (Lipinski definition) is 2. The third-order valence-corrected chi connectivity index (χ3v) is 3.84. The Morgan fingerprint density at radius 1 is 1.43 bits per heavy atom. The van der Waals surface area contributed by atoms with E-state index in [2.05, 4.69) is 5.32 Å². The van der Waals surface area contributed by atoms with Crippen LogP contribution in [-0.4, -0.2) is 41.7 Å². The molecule has 1 aromatic rings. The van der Waals surface area contributed by atoms with Crippen LogP contribution in [-0.2, 0) is 0 Å². The van der Waals surface area contributed by atoms with Crippen molar-refractivity contribution in [3.05, 3.63) is 33.9 Å². The lowest BCUT2D eigenvalue weighted by Crippen LogP contribution is -2.42. The largest absolute Gasteiger partial charge is 0.390 e. The number of carbonyl (C=O) groups excluding carboxylic acids is 1. The fourth-order valence-corrected chi connectivity index (χ4v) is 2.45. The Hall–Kier alpha value is -2.15. The molecule has 1 aromatic carbocycles. The van der Waals surface area contributed by atoms with E-state index in [0.29, 0.717) is 31.6 Å². The molecule has 7 heteroatoms. The monoisotopic (exact) mass is 293 g/mol. The van der Waals surface area contributed by atoms with Crippen molar-refractivity contribution in [2.75, 3.05) is 25.0 Å². The number of hydrogen-bond acceptors (Lipinski definition) is 5. The highest BCUT2D eigenvalue weighted by Gasteiger charge is 2.30. The molecule has 0 radical (unpaired) electrons. The standard InChI is InChI=1S/C14H19N3O4/c1-14(19)5-7-16(8-6-14)11-4-3-10(13(18)15-2)9-12(11)17(20)21/h3-4,9,19H,5-8H2,1-2H3,(H,15,18). The molecule has 114 valence electrons. The molecule has 1 aliphatic rings. The average molecular weight is 293 g/mol. The van der Waals surface area contributed by atoms with E-state index in [1.165, 1.54) is 13.1 Å². The minimum Gasteiger partial charge on any atom is -0.390 e. The molecule has 1 saturated heterocycles. The molecular weight excluding hydrogens is 274 g/mol. The zero-order valence-electron chi connectivity index (χ0n) is 12.1. The quantitative estimate of drug-likeness (QED) is 0.647. The van der Waals surface area contributed by atoms with Gasteiger partial charge < -0.3 is 15.3 Å². The van der Waals surface area contributed by atoms with Crippen LogP contribution in [0, 0.1) is 10.1 Å². The average Bonchev–Trinajstić information content (AvgIpc) is 2.46. The number of nitrogens with zero attached hydrogens (tertiary/aromatic N) is 2. The molecule has 21 heavy (non-hydrogen) atoms. The van der Waals surface area contributed by atoms with Crippen molar-refractivity contribution in [3.63, 3.8) is 0 Å². The van der Waals surface area contributed by atoms with Crippen LogP contribution in [0.25, 0.3) is 0 Å². The number of carbonyl (C=O) groups is 1. The summed E-state index contributed by atoms with van der Waals surface area (Å²) in [6.07, 6.45) is 1.11. The number of anilines is 1. The van der Waals surface area contributed by atoms with Gasteiger partial charge in [0.25, 0.3) is 11.6 Å². The zero-order valence-corrected chi connectivity index (χ0v) is 12.1. The second kappa shape index (κ2) is 5.69. The zero-order chi connectivity index (χ0) is 15.6. The Morgan fingerprint density at radius 3 is 2.57 bits per heavy atom. The Labute approximate surface area is 122 Å². The van der Waals surface area contributed by atoms with Crippen molar-refractivity contribution >= 4 is 17.3 Å². The third-order valence-electron chi connectivity index (χ3n) is 3.84. The third kappa shape index (κ3) is 3.30. The first-order chi connectivity index (χ1) is 9.84. The highest BCUT2D eigenvalue weighted by Crippen LogP contribution is 2.33. The van der Waals surface area contributed by atoms with Crippen molar-refractivity contribution < 1.29 is 14.8 Å². The number of nitro benzene ring substituents is 1. The van der Waals surface area contributed by atoms with Crippen LogP contribution in [0.3, 0.4) is 0 Å². The number of amides is 1. The van der Waals surface area contributed by atoms with Crippen molar-refractivity contribution in [1.82, 2.24) is 5.32 Å². The molecule has 7 nitrogen and oxygen atoms in total. The summed E-state index contributed by atoms with van der Waals surface area (Å²) < 4.78 is 0. The molecule has 1 amide bonds. The molecule has 0 unspecified atom stereocenters. The van der Waals surface area contributed by atoms with Gasteiger partial charge in [-0.1, -0.05) is 0 Å². The van der Waals surface area contributed by atoms with Crippen LogP contribution in [0.15, 0.2) is 18.2 Å². The van der Waals surface area contributed by atoms with Gasteiger partial charge in [0, 0.05) is 31.8 Å². The maximum absolute atomic E-state index is 11.6. The molecule has 1 aliphatic heterocycles. The van der Waals surface area contributed by atoms with E-state index in [9.17, 15) is 20.0 Å². The molecule has 0 saturated carbocycles. The first kappa shape index (κ1) is 15.2. The fourth-order valence-electron chi connectivity index (χ4n) is 2.45. The molecule has 1 heterocycles. The van der Waals surface area contributed by atoms with Crippen molar-refractivity contribution in [3.8, 4) is 0 Å². The molecule has 0 aromatic heterocycles. The first-order valence-electron chi connectivity index (χ1n) is 6.82. The topological polar surface area (TPSA) is 95.7 Å². The molecule has 1 fully saturated rings. The predicted octanol–water partition coefficient (Wildman–Crippen LogP) is 1.31. The minimum atomic E-state index is -0.715. The van der Waals surface area contributed by atoms with E-state index < -0.39 is 10.5 Å². The molecule has 2 rings (SSSR count). The summed E-state index contributed by atoms with van der Waals surface area (Å²) >= 11 is 0. The summed E-state index contributed by atoms with van der Waals surface area (Å²) in [6.45, 7) is 2.87. The summed E-state index contributed by atoms with van der Waals surface area (Å²) in [6, 6.07) is 4.47. The Balaban J connectivity index is 2.31. The summed E-state index contributed by atoms with van der Waals surface area (Å²) in [4.78, 5) is 24.2.